The van der Waals surface area contributed by atoms with Crippen LogP contribution in [0, 0.1) is 0 Å². The summed E-state index contributed by atoms with van der Waals surface area (Å²) in [6, 6.07) is 0. The highest BCUT2D eigenvalue weighted by atomic mass is 31.2. The van der Waals surface area contributed by atoms with E-state index in [1.165, 1.54) is 199 Å². The number of carbonyl (C=O) groups is 4. The van der Waals surface area contributed by atoms with E-state index in [9.17, 15) is 43.2 Å². The van der Waals surface area contributed by atoms with E-state index in [1.54, 1.807) is 0 Å². The van der Waals surface area contributed by atoms with Gasteiger partial charge < -0.3 is 33.8 Å². The summed E-state index contributed by atoms with van der Waals surface area (Å²) in [7, 11) is -9.90. The molecular formula is C72H140O17P2. The summed E-state index contributed by atoms with van der Waals surface area (Å²) in [5, 5.41) is 10.6. The van der Waals surface area contributed by atoms with E-state index in [4.69, 9.17) is 37.0 Å². The first kappa shape index (κ1) is 89.1. The zero-order valence-electron chi connectivity index (χ0n) is 58.8. The van der Waals surface area contributed by atoms with Gasteiger partial charge in [-0.05, 0) is 25.7 Å². The number of hydrogen-bond donors (Lipinski definition) is 3. The van der Waals surface area contributed by atoms with Crippen LogP contribution in [0.3, 0.4) is 0 Å². The van der Waals surface area contributed by atoms with Crippen LogP contribution in [0.2, 0.25) is 0 Å². The number of esters is 4. The van der Waals surface area contributed by atoms with Gasteiger partial charge in [0, 0.05) is 25.7 Å². The van der Waals surface area contributed by atoms with E-state index in [0.29, 0.717) is 25.7 Å². The zero-order valence-corrected chi connectivity index (χ0v) is 60.6. The van der Waals surface area contributed by atoms with Crippen molar-refractivity contribution in [3.8, 4) is 0 Å². The highest BCUT2D eigenvalue weighted by Gasteiger charge is 2.30. The van der Waals surface area contributed by atoms with Crippen LogP contribution < -0.4 is 0 Å². The zero-order chi connectivity index (χ0) is 66.8. The first-order valence-corrected chi connectivity index (χ1v) is 40.8. The molecule has 0 amide bonds. The maximum absolute atomic E-state index is 13.0. The predicted octanol–water partition coefficient (Wildman–Crippen LogP) is 21.1. The minimum absolute atomic E-state index is 0.107. The molecular weight excluding hydrogens is 1200 g/mol. The maximum Gasteiger partial charge on any atom is 0.472 e. The number of phosphoric ester groups is 2. The van der Waals surface area contributed by atoms with Gasteiger partial charge in [0.25, 0.3) is 0 Å². The summed E-state index contributed by atoms with van der Waals surface area (Å²) >= 11 is 0. The van der Waals surface area contributed by atoms with Crippen molar-refractivity contribution in [3.63, 3.8) is 0 Å². The van der Waals surface area contributed by atoms with Gasteiger partial charge in [0.15, 0.2) is 12.2 Å². The second-order valence-corrected chi connectivity index (χ2v) is 28.9. The van der Waals surface area contributed by atoms with Crippen LogP contribution in [0.5, 0.6) is 0 Å². The molecule has 0 aromatic heterocycles. The average molecular weight is 1340 g/mol. The molecule has 0 rings (SSSR count). The van der Waals surface area contributed by atoms with Gasteiger partial charge in [-0.1, -0.05) is 329 Å². The maximum atomic E-state index is 13.0. The molecule has 0 fully saturated rings. The fourth-order valence-electron chi connectivity index (χ4n) is 11.0. The number of aliphatic hydroxyl groups is 1. The molecule has 19 heteroatoms. The summed E-state index contributed by atoms with van der Waals surface area (Å²) < 4.78 is 68.3. The molecule has 5 atom stereocenters. The number of rotatable bonds is 73. The van der Waals surface area contributed by atoms with E-state index in [2.05, 4.69) is 27.7 Å². The van der Waals surface area contributed by atoms with E-state index < -0.39 is 97.5 Å². The van der Waals surface area contributed by atoms with Gasteiger partial charge in [-0.15, -0.1) is 0 Å². The van der Waals surface area contributed by atoms with Crippen LogP contribution in [-0.2, 0) is 65.4 Å². The molecule has 0 aromatic carbocycles. The molecule has 0 bridgehead atoms. The van der Waals surface area contributed by atoms with E-state index >= 15 is 0 Å². The van der Waals surface area contributed by atoms with Gasteiger partial charge in [-0.2, -0.15) is 0 Å². The average Bonchev–Trinajstić information content (AvgIpc) is 3.60. The van der Waals surface area contributed by atoms with Gasteiger partial charge in [0.1, 0.15) is 19.3 Å². The summed E-state index contributed by atoms with van der Waals surface area (Å²) in [5.74, 6) is -2.12. The molecule has 0 heterocycles. The van der Waals surface area contributed by atoms with Gasteiger partial charge in [-0.25, -0.2) is 9.13 Å². The lowest BCUT2D eigenvalue weighted by atomic mass is 10.0. The molecule has 91 heavy (non-hydrogen) atoms. The third kappa shape index (κ3) is 66.5. The lowest BCUT2D eigenvalue weighted by molar-refractivity contribution is -0.161. The van der Waals surface area contributed by atoms with Crippen LogP contribution in [0.15, 0.2) is 0 Å². The predicted molar refractivity (Wildman–Crippen MR) is 368 cm³/mol. The molecule has 0 saturated carbocycles. The van der Waals surface area contributed by atoms with Crippen LogP contribution in [0.4, 0.5) is 0 Å². The third-order valence-corrected chi connectivity index (χ3v) is 18.8. The molecule has 17 nitrogen and oxygen atoms in total. The molecule has 3 N–H and O–H groups in total. The van der Waals surface area contributed by atoms with Crippen LogP contribution >= 0.6 is 15.6 Å². The van der Waals surface area contributed by atoms with Crippen molar-refractivity contribution >= 4 is 39.5 Å². The van der Waals surface area contributed by atoms with Gasteiger partial charge >= 0.3 is 39.5 Å². The molecule has 0 aliphatic rings. The second kappa shape index (κ2) is 66.7. The standard InChI is InChI=1S/C72H140O17P2/c1-5-9-13-17-21-24-27-30-32-34-36-39-41-45-49-53-57-70(75)83-63-68(89-72(77)59-55-51-47-43-40-37-35-33-31-28-25-22-18-14-10-6-2)65-87-91(80,81)85-61-66(73)60-84-90(78,79)86-64-67(62-82-69(74)56-52-48-44-20-16-12-8-4)88-71(76)58-54-50-46-42-38-29-26-23-19-15-11-7-3/h66-68,73H,5-65H2,1-4H3,(H,78,79)(H,80,81)/t66-,67+,68+/m0/s1. The van der Waals surface area contributed by atoms with Crippen LogP contribution in [-0.4, -0.2) is 96.7 Å². The summed E-state index contributed by atoms with van der Waals surface area (Å²) in [6.45, 7) is 4.93. The Kier molecular flexibility index (Phi) is 65.2. The van der Waals surface area contributed by atoms with E-state index in [1.807, 2.05) is 0 Å². The summed E-state index contributed by atoms with van der Waals surface area (Å²) in [6.07, 6.45) is 55.5. The van der Waals surface area contributed by atoms with E-state index in [0.717, 1.165) is 103 Å². The molecule has 0 aliphatic heterocycles. The smallest absolute Gasteiger partial charge is 0.462 e. The minimum Gasteiger partial charge on any atom is -0.462 e. The minimum atomic E-state index is -4.95. The molecule has 0 saturated heterocycles. The van der Waals surface area contributed by atoms with Crippen molar-refractivity contribution in [2.24, 2.45) is 0 Å². The summed E-state index contributed by atoms with van der Waals surface area (Å²) in [4.78, 5) is 72.5. The molecule has 0 spiro atoms. The largest absolute Gasteiger partial charge is 0.472 e. The van der Waals surface area contributed by atoms with Gasteiger partial charge in [-0.3, -0.25) is 37.3 Å². The van der Waals surface area contributed by atoms with Crippen molar-refractivity contribution in [1.82, 2.24) is 0 Å². The Morgan fingerprint density at radius 2 is 0.440 bits per heavy atom. The highest BCUT2D eigenvalue weighted by Crippen LogP contribution is 2.45. The Hall–Kier alpha value is -1.94. The number of hydrogen-bond acceptors (Lipinski definition) is 15. The Morgan fingerprint density at radius 3 is 0.648 bits per heavy atom. The van der Waals surface area contributed by atoms with Crippen LogP contribution in [0.1, 0.15) is 381 Å². The monoisotopic (exact) mass is 1340 g/mol. The fourth-order valence-corrected chi connectivity index (χ4v) is 12.6. The molecule has 0 aromatic rings. The summed E-state index contributed by atoms with van der Waals surface area (Å²) in [5.41, 5.74) is 0. The Morgan fingerprint density at radius 1 is 0.264 bits per heavy atom. The van der Waals surface area contributed by atoms with E-state index in [-0.39, 0.29) is 25.7 Å². The molecule has 540 valence electrons. The Bertz CT molecular complexity index is 1740. The topological polar surface area (TPSA) is 237 Å². The first-order chi connectivity index (χ1) is 44.2. The number of carbonyl (C=O) groups excluding carboxylic acids is 4. The lowest BCUT2D eigenvalue weighted by Crippen LogP contribution is -2.30. The molecule has 0 radical (unpaired) electrons. The fraction of sp³-hybridized carbons (Fsp3) is 0.944. The van der Waals surface area contributed by atoms with Crippen LogP contribution in [0.25, 0.3) is 0 Å². The SMILES string of the molecule is CCCCCCCCCCCCCCCCCCC(=O)OC[C@H](COP(=O)(O)OC[C@@H](O)COP(=O)(O)OC[C@@H](COC(=O)CCCCCCCCC)OC(=O)CCCCCCCCCCCCCC)OC(=O)CCCCCCCCCCCCCCCCCC. The molecule has 0 aliphatic carbocycles. The number of aliphatic hydroxyl groups excluding tert-OH is 1. The van der Waals surface area contributed by atoms with Crippen molar-refractivity contribution in [2.75, 3.05) is 39.6 Å². The Balaban J connectivity index is 5.19. The second-order valence-electron chi connectivity index (χ2n) is 26.0. The normalized spacial score (nSPS) is 14.0. The van der Waals surface area contributed by atoms with Crippen molar-refractivity contribution in [3.05, 3.63) is 0 Å². The quantitative estimate of drug-likeness (QED) is 0.0222. The number of unbranched alkanes of at least 4 members (excludes halogenated alkanes) is 47. The number of ether oxygens (including phenoxy) is 4. The first-order valence-electron chi connectivity index (χ1n) is 37.8. The van der Waals surface area contributed by atoms with Gasteiger partial charge in [0.05, 0.1) is 26.4 Å². The highest BCUT2D eigenvalue weighted by molar-refractivity contribution is 7.47. The van der Waals surface area contributed by atoms with Gasteiger partial charge in [0.2, 0.25) is 0 Å². The molecule has 2 unspecified atom stereocenters. The van der Waals surface area contributed by atoms with Crippen molar-refractivity contribution < 1.29 is 80.2 Å². The van der Waals surface area contributed by atoms with Crippen molar-refractivity contribution in [2.45, 2.75) is 399 Å². The number of phosphoric acid groups is 2. The lowest BCUT2D eigenvalue weighted by Gasteiger charge is -2.21. The Labute approximate surface area is 556 Å². The third-order valence-electron chi connectivity index (χ3n) is 16.9. The van der Waals surface area contributed by atoms with Crippen molar-refractivity contribution in [1.29, 1.82) is 0 Å².